The molecule has 0 saturated heterocycles. The van der Waals surface area contributed by atoms with Gasteiger partial charge in [0, 0.05) is 19.7 Å². The molecule has 0 bridgehead atoms. The standard InChI is InChI=1S/C21H19N3O/c1-24(2)21(25)18-10-14-20(15-11-18)23-22-19-12-8-17(9-13-19)16-6-4-3-5-7-16/h3-15H,1-2H3. The van der Waals surface area contributed by atoms with Crippen LogP contribution >= 0.6 is 0 Å². The summed E-state index contributed by atoms with van der Waals surface area (Å²) in [4.78, 5) is 13.4. The lowest BCUT2D eigenvalue weighted by molar-refractivity contribution is 0.0827. The largest absolute Gasteiger partial charge is 0.345 e. The molecule has 0 aliphatic carbocycles. The third kappa shape index (κ3) is 4.18. The van der Waals surface area contributed by atoms with E-state index >= 15 is 0 Å². The minimum absolute atomic E-state index is 0.0278. The second-order valence-electron chi connectivity index (χ2n) is 5.86. The third-order valence-electron chi connectivity index (χ3n) is 3.78. The van der Waals surface area contributed by atoms with E-state index in [2.05, 4.69) is 22.4 Å². The van der Waals surface area contributed by atoms with Crippen LogP contribution in [0.4, 0.5) is 11.4 Å². The predicted octanol–water partition coefficient (Wildman–Crippen LogP) is 5.47. The Morgan fingerprint density at radius 2 is 1.16 bits per heavy atom. The van der Waals surface area contributed by atoms with Gasteiger partial charge >= 0.3 is 0 Å². The lowest BCUT2D eigenvalue weighted by Crippen LogP contribution is -2.21. The van der Waals surface area contributed by atoms with E-state index in [1.165, 1.54) is 5.56 Å². The molecule has 0 radical (unpaired) electrons. The van der Waals surface area contributed by atoms with Gasteiger partial charge < -0.3 is 4.90 Å². The number of benzene rings is 3. The fourth-order valence-electron chi connectivity index (χ4n) is 2.40. The van der Waals surface area contributed by atoms with E-state index in [1.54, 1.807) is 43.3 Å². The zero-order chi connectivity index (χ0) is 17.6. The Bertz CT molecular complexity index is 867. The quantitative estimate of drug-likeness (QED) is 0.585. The molecule has 4 nitrogen and oxygen atoms in total. The Kier molecular flexibility index (Phi) is 5.00. The van der Waals surface area contributed by atoms with E-state index < -0.39 is 0 Å². The first-order valence-corrected chi connectivity index (χ1v) is 8.02. The lowest BCUT2D eigenvalue weighted by atomic mass is 10.1. The van der Waals surface area contributed by atoms with Gasteiger partial charge in [0.2, 0.25) is 0 Å². The van der Waals surface area contributed by atoms with Gasteiger partial charge in [0.05, 0.1) is 11.4 Å². The van der Waals surface area contributed by atoms with E-state index in [4.69, 9.17) is 0 Å². The number of carbonyl (C=O) groups excluding carboxylic acids is 1. The molecule has 0 spiro atoms. The van der Waals surface area contributed by atoms with Crippen molar-refractivity contribution in [2.24, 2.45) is 10.2 Å². The van der Waals surface area contributed by atoms with Crippen molar-refractivity contribution in [3.63, 3.8) is 0 Å². The SMILES string of the molecule is CN(C)C(=O)c1ccc(N=Nc2ccc(-c3ccccc3)cc2)cc1. The van der Waals surface area contributed by atoms with Crippen LogP contribution in [0.5, 0.6) is 0 Å². The molecule has 3 rings (SSSR count). The molecule has 0 fully saturated rings. The minimum Gasteiger partial charge on any atom is -0.345 e. The van der Waals surface area contributed by atoms with Crippen molar-refractivity contribution < 1.29 is 4.79 Å². The van der Waals surface area contributed by atoms with E-state index in [9.17, 15) is 4.79 Å². The van der Waals surface area contributed by atoms with Crippen LogP contribution in [0.3, 0.4) is 0 Å². The van der Waals surface area contributed by atoms with Crippen LogP contribution in [0, 0.1) is 0 Å². The summed E-state index contributed by atoms with van der Waals surface area (Å²) in [6, 6.07) is 25.2. The number of carbonyl (C=O) groups is 1. The fraction of sp³-hybridized carbons (Fsp3) is 0.0952. The molecule has 0 saturated carbocycles. The Morgan fingerprint density at radius 3 is 1.68 bits per heavy atom. The van der Waals surface area contributed by atoms with Crippen LogP contribution in [0.1, 0.15) is 10.4 Å². The summed E-state index contributed by atoms with van der Waals surface area (Å²) in [5.41, 5.74) is 4.45. The Balaban J connectivity index is 1.71. The molecular formula is C21H19N3O. The fourth-order valence-corrected chi connectivity index (χ4v) is 2.40. The van der Waals surface area contributed by atoms with Gasteiger partial charge in [0.1, 0.15) is 0 Å². The molecule has 4 heteroatoms. The van der Waals surface area contributed by atoms with Crippen LogP contribution in [-0.2, 0) is 0 Å². The Labute approximate surface area is 147 Å². The first kappa shape index (κ1) is 16.6. The van der Waals surface area contributed by atoms with Crippen molar-refractivity contribution in [3.8, 4) is 11.1 Å². The zero-order valence-electron chi connectivity index (χ0n) is 14.3. The van der Waals surface area contributed by atoms with Gasteiger partial charge in [-0.3, -0.25) is 4.79 Å². The second-order valence-corrected chi connectivity index (χ2v) is 5.86. The number of hydrogen-bond donors (Lipinski definition) is 0. The highest BCUT2D eigenvalue weighted by Gasteiger charge is 2.06. The highest BCUT2D eigenvalue weighted by Crippen LogP contribution is 2.24. The highest BCUT2D eigenvalue weighted by atomic mass is 16.2. The van der Waals surface area contributed by atoms with Crippen LogP contribution in [0.25, 0.3) is 11.1 Å². The molecule has 25 heavy (non-hydrogen) atoms. The normalized spacial score (nSPS) is 10.8. The average Bonchev–Trinajstić information content (AvgIpc) is 2.67. The number of hydrogen-bond acceptors (Lipinski definition) is 3. The maximum absolute atomic E-state index is 11.9. The van der Waals surface area contributed by atoms with Gasteiger partial charge in [-0.05, 0) is 47.5 Å². The Hall–Kier alpha value is -3.27. The smallest absolute Gasteiger partial charge is 0.253 e. The van der Waals surface area contributed by atoms with Gasteiger partial charge in [-0.15, -0.1) is 0 Å². The van der Waals surface area contributed by atoms with E-state index in [1.807, 2.05) is 42.5 Å². The Morgan fingerprint density at radius 1 is 0.680 bits per heavy atom. The van der Waals surface area contributed by atoms with Crippen molar-refractivity contribution in [2.45, 2.75) is 0 Å². The summed E-state index contributed by atoms with van der Waals surface area (Å²) < 4.78 is 0. The van der Waals surface area contributed by atoms with Crippen molar-refractivity contribution in [1.82, 2.24) is 4.90 Å². The van der Waals surface area contributed by atoms with Gasteiger partial charge in [0.15, 0.2) is 0 Å². The number of amides is 1. The molecule has 0 heterocycles. The summed E-state index contributed by atoms with van der Waals surface area (Å²) in [6.07, 6.45) is 0. The highest BCUT2D eigenvalue weighted by molar-refractivity contribution is 5.94. The number of rotatable bonds is 4. The van der Waals surface area contributed by atoms with Crippen LogP contribution in [-0.4, -0.2) is 24.9 Å². The van der Waals surface area contributed by atoms with Crippen LogP contribution in [0.15, 0.2) is 89.1 Å². The summed E-state index contributed by atoms with van der Waals surface area (Å²) in [5, 5.41) is 8.47. The first-order valence-electron chi connectivity index (χ1n) is 8.02. The molecule has 0 N–H and O–H groups in total. The summed E-state index contributed by atoms with van der Waals surface area (Å²) >= 11 is 0. The first-order chi connectivity index (χ1) is 12.1. The van der Waals surface area contributed by atoms with Gasteiger partial charge in [0.25, 0.3) is 5.91 Å². The maximum Gasteiger partial charge on any atom is 0.253 e. The molecule has 0 atom stereocenters. The second kappa shape index (κ2) is 7.53. The predicted molar refractivity (Wildman–Crippen MR) is 101 cm³/mol. The molecule has 1 amide bonds. The number of azo groups is 1. The summed E-state index contributed by atoms with van der Waals surface area (Å²) in [5.74, 6) is -0.0278. The van der Waals surface area contributed by atoms with Crippen molar-refractivity contribution in [2.75, 3.05) is 14.1 Å². The molecular weight excluding hydrogens is 310 g/mol. The average molecular weight is 329 g/mol. The maximum atomic E-state index is 11.9. The van der Waals surface area contributed by atoms with E-state index in [0.29, 0.717) is 11.3 Å². The molecule has 3 aromatic carbocycles. The van der Waals surface area contributed by atoms with Crippen molar-refractivity contribution >= 4 is 17.3 Å². The lowest BCUT2D eigenvalue weighted by Gasteiger charge is -2.09. The zero-order valence-corrected chi connectivity index (χ0v) is 14.3. The summed E-state index contributed by atoms with van der Waals surface area (Å²) in [6.45, 7) is 0. The molecule has 0 unspecified atom stereocenters. The molecule has 0 aliphatic rings. The monoisotopic (exact) mass is 329 g/mol. The molecule has 124 valence electrons. The third-order valence-corrected chi connectivity index (χ3v) is 3.78. The van der Waals surface area contributed by atoms with Gasteiger partial charge in [-0.25, -0.2) is 0 Å². The molecule has 3 aromatic rings. The van der Waals surface area contributed by atoms with Gasteiger partial charge in [-0.1, -0.05) is 42.5 Å². The van der Waals surface area contributed by atoms with Crippen LogP contribution < -0.4 is 0 Å². The van der Waals surface area contributed by atoms with Crippen molar-refractivity contribution in [1.29, 1.82) is 0 Å². The topological polar surface area (TPSA) is 45.0 Å². The summed E-state index contributed by atoms with van der Waals surface area (Å²) in [7, 11) is 3.46. The van der Waals surface area contributed by atoms with Gasteiger partial charge in [-0.2, -0.15) is 10.2 Å². The van der Waals surface area contributed by atoms with Crippen LogP contribution in [0.2, 0.25) is 0 Å². The molecule has 0 aliphatic heterocycles. The van der Waals surface area contributed by atoms with E-state index in [-0.39, 0.29) is 5.91 Å². The van der Waals surface area contributed by atoms with E-state index in [0.717, 1.165) is 11.3 Å². The minimum atomic E-state index is -0.0278. The number of nitrogens with zero attached hydrogens (tertiary/aromatic N) is 3. The van der Waals surface area contributed by atoms with Crippen molar-refractivity contribution in [3.05, 3.63) is 84.4 Å². The molecule has 0 aromatic heterocycles.